The van der Waals surface area contributed by atoms with E-state index in [0.717, 1.165) is 5.56 Å². The first-order chi connectivity index (χ1) is 17.2. The zero-order chi connectivity index (χ0) is 26.2. The number of ether oxygens (including phenoxy) is 1. The number of benzene rings is 3. The maximum atomic E-state index is 12.4. The molecule has 1 aromatic heterocycles. The van der Waals surface area contributed by atoms with E-state index in [4.69, 9.17) is 9.52 Å². The average molecular weight is 512 g/mol. The number of Topliss-reactive ketones (excluding diaryl/α,β-unsaturated/α-hetero) is 1. The molecule has 1 heterocycles. The van der Waals surface area contributed by atoms with Crippen molar-refractivity contribution in [3.05, 3.63) is 106 Å². The van der Waals surface area contributed by atoms with Crippen LogP contribution < -0.4 is 10.4 Å². The molecule has 4 aromatic rings. The van der Waals surface area contributed by atoms with E-state index in [2.05, 4.69) is 4.74 Å². The molecule has 0 saturated heterocycles. The molecule has 1 atom stereocenters. The first kappa shape index (κ1) is 29.5. The molecule has 0 aliphatic carbocycles. The maximum absolute atomic E-state index is 12.4. The van der Waals surface area contributed by atoms with Gasteiger partial charge in [0.05, 0.1) is 10.9 Å². The Morgan fingerprint density at radius 2 is 1.49 bits per heavy atom. The molecule has 0 amide bonds. The Labute approximate surface area is 234 Å². The molecule has 0 bridgehead atoms. The number of carboxylic acid groups (broad SMARTS) is 1. The fourth-order valence-corrected chi connectivity index (χ4v) is 3.70. The topological polar surface area (TPSA) is 131 Å². The van der Waals surface area contributed by atoms with Crippen molar-refractivity contribution in [3.63, 3.8) is 0 Å². The third-order valence-corrected chi connectivity index (χ3v) is 5.23. The molecule has 0 fully saturated rings. The van der Waals surface area contributed by atoms with Gasteiger partial charge in [0, 0.05) is 19.3 Å². The summed E-state index contributed by atoms with van der Waals surface area (Å²) >= 11 is 0. The van der Waals surface area contributed by atoms with E-state index < -0.39 is 23.5 Å². The van der Waals surface area contributed by atoms with Gasteiger partial charge in [-0.1, -0.05) is 54.6 Å². The van der Waals surface area contributed by atoms with Gasteiger partial charge in [0.15, 0.2) is 0 Å². The second-order valence-electron chi connectivity index (χ2n) is 7.91. The number of rotatable bonds is 6. The molecule has 0 saturated carbocycles. The normalized spacial score (nSPS) is 10.9. The Morgan fingerprint density at radius 1 is 0.892 bits per heavy atom. The van der Waals surface area contributed by atoms with Gasteiger partial charge < -0.3 is 19.4 Å². The van der Waals surface area contributed by atoms with Crippen LogP contribution in [0.15, 0.2) is 88.1 Å². The Hall–Kier alpha value is -3.72. The predicted molar refractivity (Wildman–Crippen MR) is 140 cm³/mol. The van der Waals surface area contributed by atoms with E-state index in [1.54, 1.807) is 36.4 Å². The molecule has 3 aromatic carbocycles. The zero-order valence-corrected chi connectivity index (χ0v) is 19.6. The van der Waals surface area contributed by atoms with E-state index >= 15 is 0 Å². The van der Waals surface area contributed by atoms with Crippen molar-refractivity contribution in [1.82, 2.24) is 0 Å². The summed E-state index contributed by atoms with van der Waals surface area (Å²) in [6, 6.07) is 22.0. The number of esters is 1. The summed E-state index contributed by atoms with van der Waals surface area (Å²) in [5, 5.41) is 19.8. The molecule has 0 aliphatic rings. The number of carbonyl (C=O) groups excluding carboxylic acids is 2. The van der Waals surface area contributed by atoms with E-state index in [-0.39, 0.29) is 64.4 Å². The predicted octanol–water partition coefficient (Wildman–Crippen LogP) is 4.27. The van der Waals surface area contributed by atoms with E-state index in [1.807, 2.05) is 30.3 Å². The molecular weight excluding hydrogens is 487 g/mol. The van der Waals surface area contributed by atoms with Gasteiger partial charge >= 0.3 is 47.1 Å². The van der Waals surface area contributed by atoms with Crippen molar-refractivity contribution in [2.45, 2.75) is 26.2 Å². The van der Waals surface area contributed by atoms with Crippen LogP contribution in [0.5, 0.6) is 11.5 Å². The van der Waals surface area contributed by atoms with Gasteiger partial charge in [-0.15, -0.1) is 0 Å². The molecular formula is C28H25NaO8. The average Bonchev–Trinajstić information content (AvgIpc) is 2.84. The standard InChI is InChI=1S/C19H16O4.C9H8O4.Na.H/c1-12(20)11-15(13-7-3-2-4-8-13)17-18(21)14-9-5-6-10-16(14)23-19(17)22;1-6(10)13-8-5-3-2-4-7(8)9(11)12;;/h2-10,15,21H,11H2,1H3;2-5H,1H3,(H,11,12);;. The molecule has 0 aliphatic heterocycles. The van der Waals surface area contributed by atoms with Crippen molar-refractivity contribution in [1.29, 1.82) is 0 Å². The monoisotopic (exact) mass is 512 g/mol. The second kappa shape index (κ2) is 13.5. The van der Waals surface area contributed by atoms with Crippen LogP contribution >= 0.6 is 0 Å². The van der Waals surface area contributed by atoms with E-state index in [9.17, 15) is 24.3 Å². The third-order valence-electron chi connectivity index (χ3n) is 5.23. The molecule has 1 unspecified atom stereocenters. The number of hydrogen-bond acceptors (Lipinski definition) is 7. The molecule has 186 valence electrons. The summed E-state index contributed by atoms with van der Waals surface area (Å²) in [7, 11) is 0. The molecule has 0 spiro atoms. The quantitative estimate of drug-likeness (QED) is 0.169. The number of carboxylic acids is 1. The Bertz CT molecular complexity index is 1460. The van der Waals surface area contributed by atoms with Crippen molar-refractivity contribution in [2.24, 2.45) is 0 Å². The first-order valence-electron chi connectivity index (χ1n) is 11.0. The number of carbonyl (C=O) groups is 3. The van der Waals surface area contributed by atoms with Crippen LogP contribution in [-0.4, -0.2) is 57.5 Å². The fraction of sp³-hybridized carbons (Fsp3) is 0.143. The first-order valence-corrected chi connectivity index (χ1v) is 11.0. The molecule has 37 heavy (non-hydrogen) atoms. The van der Waals surface area contributed by atoms with Crippen LogP contribution in [0.25, 0.3) is 11.0 Å². The Morgan fingerprint density at radius 3 is 2.11 bits per heavy atom. The summed E-state index contributed by atoms with van der Waals surface area (Å²) in [5.41, 5.74) is 0.619. The van der Waals surface area contributed by atoms with Crippen LogP contribution in [0.2, 0.25) is 0 Å². The fourth-order valence-electron chi connectivity index (χ4n) is 3.70. The number of para-hydroxylation sites is 2. The summed E-state index contributed by atoms with van der Waals surface area (Å²) in [6.07, 6.45) is 0.126. The van der Waals surface area contributed by atoms with Crippen molar-refractivity contribution in [3.8, 4) is 11.5 Å². The minimum atomic E-state index is -1.11. The number of aromatic carboxylic acids is 1. The van der Waals surface area contributed by atoms with Crippen LogP contribution in [0, 0.1) is 0 Å². The Kier molecular flexibility index (Phi) is 10.8. The van der Waals surface area contributed by atoms with Gasteiger partial charge in [0.25, 0.3) is 0 Å². The van der Waals surface area contributed by atoms with Crippen LogP contribution in [-0.2, 0) is 9.59 Å². The molecule has 0 radical (unpaired) electrons. The van der Waals surface area contributed by atoms with Gasteiger partial charge in [-0.05, 0) is 36.8 Å². The van der Waals surface area contributed by atoms with Gasteiger partial charge in [0.2, 0.25) is 0 Å². The van der Waals surface area contributed by atoms with Crippen LogP contribution in [0.4, 0.5) is 0 Å². The third kappa shape index (κ3) is 7.63. The number of fused-ring (bicyclic) bond motifs is 1. The molecule has 2 N–H and O–H groups in total. The van der Waals surface area contributed by atoms with E-state index in [0.29, 0.717) is 11.0 Å². The zero-order valence-electron chi connectivity index (χ0n) is 19.6. The van der Waals surface area contributed by atoms with Gasteiger partial charge in [-0.3, -0.25) is 9.59 Å². The number of aromatic hydroxyl groups is 1. The number of ketones is 1. The molecule has 9 heteroatoms. The molecule has 8 nitrogen and oxygen atoms in total. The number of hydrogen-bond donors (Lipinski definition) is 2. The van der Waals surface area contributed by atoms with Gasteiger partial charge in [-0.2, -0.15) is 0 Å². The molecule has 4 rings (SSSR count). The van der Waals surface area contributed by atoms with Gasteiger partial charge in [0.1, 0.15) is 28.4 Å². The Balaban J connectivity index is 0.000000295. The summed E-state index contributed by atoms with van der Waals surface area (Å²) in [5.74, 6) is -2.29. The van der Waals surface area contributed by atoms with Crippen molar-refractivity contribution in [2.75, 3.05) is 0 Å². The van der Waals surface area contributed by atoms with Crippen molar-refractivity contribution < 1.29 is 33.8 Å². The summed E-state index contributed by atoms with van der Waals surface area (Å²) in [4.78, 5) is 45.3. The minimum absolute atomic E-state index is 0. The SMILES string of the molecule is CC(=O)CC(c1ccccc1)c1c(O)c2ccccc2oc1=O.CC(=O)Oc1ccccc1C(=O)O.[NaH]. The van der Waals surface area contributed by atoms with Crippen molar-refractivity contribution >= 4 is 58.2 Å². The van der Waals surface area contributed by atoms with E-state index in [1.165, 1.54) is 26.0 Å². The van der Waals surface area contributed by atoms with Crippen LogP contribution in [0.3, 0.4) is 0 Å². The van der Waals surface area contributed by atoms with Crippen LogP contribution in [0.1, 0.15) is 47.7 Å². The van der Waals surface area contributed by atoms with Gasteiger partial charge in [-0.25, -0.2) is 9.59 Å². The second-order valence-corrected chi connectivity index (χ2v) is 7.91. The summed E-state index contributed by atoms with van der Waals surface area (Å²) < 4.78 is 10.0. The summed E-state index contributed by atoms with van der Waals surface area (Å²) in [6.45, 7) is 2.69.